The molecule has 0 radical (unpaired) electrons. The van der Waals surface area contributed by atoms with Crippen LogP contribution in [-0.2, 0) is 0 Å². The Labute approximate surface area is 85.2 Å². The summed E-state index contributed by atoms with van der Waals surface area (Å²) in [7, 11) is 0. The van der Waals surface area contributed by atoms with Gasteiger partial charge in [-0.1, -0.05) is 25.1 Å². The molecule has 0 bridgehead atoms. The second kappa shape index (κ2) is 6.40. The monoisotopic (exact) mass is 194 g/mol. The first-order chi connectivity index (χ1) is 6.86. The molecule has 1 rings (SSSR count). The van der Waals surface area contributed by atoms with Crippen LogP contribution < -0.4 is 16.0 Å². The van der Waals surface area contributed by atoms with E-state index in [9.17, 15) is 0 Å². The summed E-state index contributed by atoms with van der Waals surface area (Å²) in [5, 5.41) is 0. The number of rotatable bonds is 6. The van der Waals surface area contributed by atoms with Gasteiger partial charge in [-0.05, 0) is 25.0 Å². The van der Waals surface area contributed by atoms with Crippen LogP contribution in [0.15, 0.2) is 30.3 Å². The van der Waals surface area contributed by atoms with Crippen molar-refractivity contribution in [3.63, 3.8) is 0 Å². The molecule has 0 spiro atoms. The van der Waals surface area contributed by atoms with E-state index < -0.39 is 0 Å². The molecule has 0 amide bonds. The summed E-state index contributed by atoms with van der Waals surface area (Å²) < 4.78 is 5.54. The van der Waals surface area contributed by atoms with Crippen LogP contribution in [0.5, 0.6) is 5.75 Å². The molecule has 3 heteroatoms. The third kappa shape index (κ3) is 3.77. The van der Waals surface area contributed by atoms with Crippen molar-refractivity contribution in [2.24, 2.45) is 5.84 Å². The number of nitrogens with two attached hydrogens (primary N) is 1. The van der Waals surface area contributed by atoms with E-state index in [1.165, 1.54) is 0 Å². The average molecular weight is 194 g/mol. The van der Waals surface area contributed by atoms with Crippen LogP contribution in [0.25, 0.3) is 0 Å². The van der Waals surface area contributed by atoms with Crippen LogP contribution in [0.3, 0.4) is 0 Å². The fourth-order valence-corrected chi connectivity index (χ4v) is 1.24. The number of hydrogen-bond acceptors (Lipinski definition) is 3. The number of hydrogen-bond donors (Lipinski definition) is 2. The van der Waals surface area contributed by atoms with Gasteiger partial charge in [-0.25, -0.2) is 0 Å². The third-order valence-electron chi connectivity index (χ3n) is 2.21. The van der Waals surface area contributed by atoms with Crippen molar-refractivity contribution in [3.8, 4) is 5.75 Å². The molecular formula is C11H18N2O. The highest BCUT2D eigenvalue weighted by molar-refractivity contribution is 5.20. The Morgan fingerprint density at radius 2 is 2.07 bits per heavy atom. The van der Waals surface area contributed by atoms with Crippen LogP contribution in [0.4, 0.5) is 0 Å². The van der Waals surface area contributed by atoms with Gasteiger partial charge in [-0.15, -0.1) is 0 Å². The van der Waals surface area contributed by atoms with Gasteiger partial charge in [0.15, 0.2) is 0 Å². The van der Waals surface area contributed by atoms with Crippen molar-refractivity contribution in [3.05, 3.63) is 30.3 Å². The summed E-state index contributed by atoms with van der Waals surface area (Å²) >= 11 is 0. The molecule has 0 heterocycles. The van der Waals surface area contributed by atoms with Crippen molar-refractivity contribution in [2.75, 3.05) is 6.61 Å². The van der Waals surface area contributed by atoms with E-state index in [2.05, 4.69) is 12.3 Å². The minimum atomic E-state index is 0.346. The maximum absolute atomic E-state index is 5.54. The first-order valence-electron chi connectivity index (χ1n) is 5.00. The zero-order valence-electron chi connectivity index (χ0n) is 8.57. The molecule has 1 aromatic carbocycles. The SMILES string of the molecule is CCC(CCOc1ccccc1)NN. The number of benzene rings is 1. The van der Waals surface area contributed by atoms with E-state index in [4.69, 9.17) is 10.6 Å². The van der Waals surface area contributed by atoms with E-state index in [0.29, 0.717) is 12.6 Å². The van der Waals surface area contributed by atoms with E-state index in [0.717, 1.165) is 18.6 Å². The van der Waals surface area contributed by atoms with Crippen molar-refractivity contribution in [1.82, 2.24) is 5.43 Å². The standard InChI is InChI=1S/C11H18N2O/c1-2-10(13-12)8-9-14-11-6-4-3-5-7-11/h3-7,10,13H,2,8-9,12H2,1H3. The van der Waals surface area contributed by atoms with E-state index in [-0.39, 0.29) is 0 Å². The highest BCUT2D eigenvalue weighted by atomic mass is 16.5. The predicted molar refractivity (Wildman–Crippen MR) is 58.0 cm³/mol. The van der Waals surface area contributed by atoms with Crippen LogP contribution in [-0.4, -0.2) is 12.6 Å². The summed E-state index contributed by atoms with van der Waals surface area (Å²) in [6.45, 7) is 2.81. The average Bonchev–Trinajstić information content (AvgIpc) is 2.26. The molecule has 0 aliphatic carbocycles. The Balaban J connectivity index is 2.21. The first-order valence-corrected chi connectivity index (χ1v) is 5.00. The second-order valence-electron chi connectivity index (χ2n) is 3.22. The molecule has 3 nitrogen and oxygen atoms in total. The molecule has 0 aliphatic heterocycles. The second-order valence-corrected chi connectivity index (χ2v) is 3.22. The van der Waals surface area contributed by atoms with Gasteiger partial charge in [0.2, 0.25) is 0 Å². The Hall–Kier alpha value is -1.06. The third-order valence-corrected chi connectivity index (χ3v) is 2.21. The summed E-state index contributed by atoms with van der Waals surface area (Å²) in [4.78, 5) is 0. The fraction of sp³-hybridized carbons (Fsp3) is 0.455. The predicted octanol–water partition coefficient (Wildman–Crippen LogP) is 1.70. The highest BCUT2D eigenvalue weighted by Crippen LogP contribution is 2.09. The van der Waals surface area contributed by atoms with Crippen LogP contribution >= 0.6 is 0 Å². The summed E-state index contributed by atoms with van der Waals surface area (Å²) in [6.07, 6.45) is 1.95. The van der Waals surface area contributed by atoms with Gasteiger partial charge in [-0.2, -0.15) is 0 Å². The zero-order valence-corrected chi connectivity index (χ0v) is 8.57. The molecule has 0 aromatic heterocycles. The van der Waals surface area contributed by atoms with Crippen molar-refractivity contribution < 1.29 is 4.74 Å². The number of ether oxygens (including phenoxy) is 1. The molecule has 3 N–H and O–H groups in total. The zero-order chi connectivity index (χ0) is 10.2. The smallest absolute Gasteiger partial charge is 0.119 e. The van der Waals surface area contributed by atoms with Gasteiger partial charge >= 0.3 is 0 Å². The molecule has 1 aromatic rings. The molecule has 1 unspecified atom stereocenters. The Morgan fingerprint density at radius 3 is 2.64 bits per heavy atom. The first kappa shape index (κ1) is 11.0. The van der Waals surface area contributed by atoms with Crippen molar-refractivity contribution >= 4 is 0 Å². The van der Waals surface area contributed by atoms with Gasteiger partial charge in [0.05, 0.1) is 6.61 Å². The fourth-order valence-electron chi connectivity index (χ4n) is 1.24. The quantitative estimate of drug-likeness (QED) is 0.535. The Bertz CT molecular complexity index is 234. The topological polar surface area (TPSA) is 47.3 Å². The minimum Gasteiger partial charge on any atom is -0.494 e. The van der Waals surface area contributed by atoms with Crippen molar-refractivity contribution in [2.45, 2.75) is 25.8 Å². The van der Waals surface area contributed by atoms with E-state index in [1.54, 1.807) is 0 Å². The largest absolute Gasteiger partial charge is 0.494 e. The lowest BCUT2D eigenvalue weighted by Gasteiger charge is -2.13. The maximum Gasteiger partial charge on any atom is 0.119 e. The van der Waals surface area contributed by atoms with Gasteiger partial charge in [0, 0.05) is 6.04 Å². The highest BCUT2D eigenvalue weighted by Gasteiger charge is 2.02. The summed E-state index contributed by atoms with van der Waals surface area (Å²) in [5.41, 5.74) is 2.76. The Morgan fingerprint density at radius 1 is 1.36 bits per heavy atom. The van der Waals surface area contributed by atoms with Crippen LogP contribution in [0.2, 0.25) is 0 Å². The summed E-state index contributed by atoms with van der Waals surface area (Å²) in [5.74, 6) is 6.27. The lowest BCUT2D eigenvalue weighted by molar-refractivity contribution is 0.283. The maximum atomic E-state index is 5.54. The van der Waals surface area contributed by atoms with E-state index >= 15 is 0 Å². The molecule has 14 heavy (non-hydrogen) atoms. The lowest BCUT2D eigenvalue weighted by atomic mass is 10.2. The van der Waals surface area contributed by atoms with Gasteiger partial charge in [0.1, 0.15) is 5.75 Å². The van der Waals surface area contributed by atoms with Gasteiger partial charge in [-0.3, -0.25) is 11.3 Å². The minimum absolute atomic E-state index is 0.346. The normalized spacial score (nSPS) is 12.4. The van der Waals surface area contributed by atoms with E-state index in [1.807, 2.05) is 30.3 Å². The van der Waals surface area contributed by atoms with Crippen molar-refractivity contribution in [1.29, 1.82) is 0 Å². The molecule has 1 atom stereocenters. The number of nitrogens with one attached hydrogen (secondary N) is 1. The molecule has 0 saturated carbocycles. The molecule has 0 fully saturated rings. The Kier molecular flexibility index (Phi) is 5.04. The van der Waals surface area contributed by atoms with Crippen LogP contribution in [0, 0.1) is 0 Å². The lowest BCUT2D eigenvalue weighted by Crippen LogP contribution is -2.35. The molecule has 78 valence electrons. The molecule has 0 saturated heterocycles. The number of para-hydroxylation sites is 1. The van der Waals surface area contributed by atoms with Crippen LogP contribution in [0.1, 0.15) is 19.8 Å². The summed E-state index contributed by atoms with van der Waals surface area (Å²) in [6, 6.07) is 10.2. The molecule has 0 aliphatic rings. The number of hydrazine groups is 1. The molecular weight excluding hydrogens is 176 g/mol. The van der Waals surface area contributed by atoms with Gasteiger partial charge < -0.3 is 4.74 Å². The van der Waals surface area contributed by atoms with Gasteiger partial charge in [0.25, 0.3) is 0 Å².